The van der Waals surface area contributed by atoms with E-state index in [4.69, 9.17) is 11.6 Å². The molecule has 0 spiro atoms. The number of halogens is 2. The van der Waals surface area contributed by atoms with Gasteiger partial charge in [-0.2, -0.15) is 5.10 Å². The Balaban J connectivity index is 1.71. The summed E-state index contributed by atoms with van der Waals surface area (Å²) in [7, 11) is 0. The van der Waals surface area contributed by atoms with E-state index >= 15 is 0 Å². The zero-order valence-electron chi connectivity index (χ0n) is 14.9. The fourth-order valence-electron chi connectivity index (χ4n) is 2.92. The summed E-state index contributed by atoms with van der Waals surface area (Å²) in [5.41, 5.74) is -1.52. The summed E-state index contributed by atoms with van der Waals surface area (Å²) in [5, 5.41) is 17.2. The minimum absolute atomic E-state index is 0.0641. The van der Waals surface area contributed by atoms with Gasteiger partial charge in [-0.15, -0.1) is 0 Å². The molecule has 1 aliphatic heterocycles. The Morgan fingerprint density at radius 3 is 2.89 bits per heavy atom. The second-order valence-electron chi connectivity index (χ2n) is 6.73. The standard InChI is InChI=1S/C18H20ClFN4O3/c1-11(2)24-10-13(9-22-24)23-7-6-18(27,17(23)26)16(25)21-8-12-4-3-5-14(19)15(12)20/h3-5,9-11,27H,6-8H2,1-2H3,(H,21,25). The molecule has 0 saturated carbocycles. The summed E-state index contributed by atoms with van der Waals surface area (Å²) >= 11 is 5.71. The maximum absolute atomic E-state index is 13.9. The van der Waals surface area contributed by atoms with Gasteiger partial charge >= 0.3 is 0 Å². The van der Waals surface area contributed by atoms with Crippen LogP contribution in [0.15, 0.2) is 30.6 Å². The molecule has 0 bridgehead atoms. The van der Waals surface area contributed by atoms with Crippen LogP contribution in [-0.4, -0.2) is 38.8 Å². The lowest BCUT2D eigenvalue weighted by Gasteiger charge is -2.21. The van der Waals surface area contributed by atoms with Crippen molar-refractivity contribution >= 4 is 29.1 Å². The average molecular weight is 395 g/mol. The van der Waals surface area contributed by atoms with Gasteiger partial charge in [-0.1, -0.05) is 23.7 Å². The SMILES string of the molecule is CC(C)n1cc(N2CCC(O)(C(=O)NCc3cccc(Cl)c3F)C2=O)cn1. The molecule has 0 radical (unpaired) electrons. The average Bonchev–Trinajstić information content (AvgIpc) is 3.22. The molecule has 0 aliphatic carbocycles. The third-order valence-electron chi connectivity index (χ3n) is 4.57. The van der Waals surface area contributed by atoms with Crippen LogP contribution in [0.4, 0.5) is 10.1 Å². The number of aromatic nitrogens is 2. The van der Waals surface area contributed by atoms with Crippen molar-refractivity contribution in [3.8, 4) is 0 Å². The molecule has 1 aromatic heterocycles. The van der Waals surface area contributed by atoms with Gasteiger partial charge in [0, 0.05) is 37.3 Å². The van der Waals surface area contributed by atoms with Gasteiger partial charge in [0.25, 0.3) is 11.8 Å². The minimum atomic E-state index is -2.20. The Hall–Kier alpha value is -2.45. The van der Waals surface area contributed by atoms with Crippen molar-refractivity contribution in [3.63, 3.8) is 0 Å². The molecule has 1 atom stereocenters. The number of benzene rings is 1. The van der Waals surface area contributed by atoms with Crippen molar-refractivity contribution < 1.29 is 19.1 Å². The van der Waals surface area contributed by atoms with E-state index in [0.717, 1.165) is 0 Å². The van der Waals surface area contributed by atoms with Crippen LogP contribution < -0.4 is 10.2 Å². The van der Waals surface area contributed by atoms with Crippen LogP contribution in [-0.2, 0) is 16.1 Å². The monoisotopic (exact) mass is 394 g/mol. The van der Waals surface area contributed by atoms with Crippen LogP contribution >= 0.6 is 11.6 Å². The predicted molar refractivity (Wildman–Crippen MR) is 97.8 cm³/mol. The van der Waals surface area contributed by atoms with E-state index in [-0.39, 0.29) is 36.1 Å². The van der Waals surface area contributed by atoms with Crippen LogP contribution in [0.1, 0.15) is 31.9 Å². The third kappa shape index (κ3) is 3.54. The van der Waals surface area contributed by atoms with Gasteiger partial charge in [-0.3, -0.25) is 14.3 Å². The van der Waals surface area contributed by atoms with Crippen LogP contribution in [0.25, 0.3) is 0 Å². The van der Waals surface area contributed by atoms with Gasteiger partial charge in [-0.25, -0.2) is 4.39 Å². The van der Waals surface area contributed by atoms with E-state index in [1.807, 2.05) is 13.8 Å². The van der Waals surface area contributed by atoms with E-state index in [0.29, 0.717) is 5.69 Å². The molecule has 1 unspecified atom stereocenters. The zero-order chi connectivity index (χ0) is 19.8. The molecule has 2 heterocycles. The first-order chi connectivity index (χ1) is 12.7. The van der Waals surface area contributed by atoms with Gasteiger partial charge in [0.05, 0.1) is 16.9 Å². The Morgan fingerprint density at radius 1 is 1.48 bits per heavy atom. The molecule has 7 nitrogen and oxygen atoms in total. The number of anilines is 1. The fraction of sp³-hybridized carbons (Fsp3) is 0.389. The van der Waals surface area contributed by atoms with Crippen LogP contribution in [0.3, 0.4) is 0 Å². The number of hydrogen-bond acceptors (Lipinski definition) is 4. The highest BCUT2D eigenvalue weighted by Crippen LogP contribution is 2.29. The Kier molecular flexibility index (Phi) is 5.21. The first kappa shape index (κ1) is 19.3. The van der Waals surface area contributed by atoms with Crippen LogP contribution in [0.2, 0.25) is 5.02 Å². The smallest absolute Gasteiger partial charge is 0.268 e. The Bertz CT molecular complexity index is 885. The first-order valence-electron chi connectivity index (χ1n) is 8.53. The van der Waals surface area contributed by atoms with Crippen molar-refractivity contribution in [2.75, 3.05) is 11.4 Å². The molecule has 9 heteroatoms. The quantitative estimate of drug-likeness (QED) is 0.760. The number of hydrogen-bond donors (Lipinski definition) is 2. The number of nitrogens with zero attached hydrogens (tertiary/aromatic N) is 3. The van der Waals surface area contributed by atoms with Gasteiger partial charge in [-0.05, 0) is 19.9 Å². The number of carbonyl (C=O) groups is 2. The lowest BCUT2D eigenvalue weighted by molar-refractivity contribution is -0.149. The molecule has 3 rings (SSSR count). The first-order valence-corrected chi connectivity index (χ1v) is 8.91. The highest BCUT2D eigenvalue weighted by atomic mass is 35.5. The molecule has 1 aromatic carbocycles. The third-order valence-corrected chi connectivity index (χ3v) is 4.86. The summed E-state index contributed by atoms with van der Waals surface area (Å²) in [6, 6.07) is 4.53. The molecule has 1 saturated heterocycles. The fourth-order valence-corrected chi connectivity index (χ4v) is 3.11. The second kappa shape index (κ2) is 7.28. The summed E-state index contributed by atoms with van der Waals surface area (Å²) in [6.07, 6.45) is 3.14. The normalized spacial score (nSPS) is 19.8. The summed E-state index contributed by atoms with van der Waals surface area (Å²) in [5.74, 6) is -2.24. The largest absolute Gasteiger partial charge is 0.372 e. The summed E-state index contributed by atoms with van der Waals surface area (Å²) in [4.78, 5) is 26.4. The van der Waals surface area contributed by atoms with Crippen LogP contribution in [0, 0.1) is 5.82 Å². The molecule has 1 fully saturated rings. The highest BCUT2D eigenvalue weighted by Gasteiger charge is 2.51. The Morgan fingerprint density at radius 2 is 2.22 bits per heavy atom. The van der Waals surface area contributed by atoms with Crippen LogP contribution in [0.5, 0.6) is 0 Å². The molecule has 2 aromatic rings. The second-order valence-corrected chi connectivity index (χ2v) is 7.14. The number of aliphatic hydroxyl groups is 1. The van der Waals surface area contributed by atoms with Gasteiger partial charge < -0.3 is 15.3 Å². The molecule has 2 N–H and O–H groups in total. The van der Waals surface area contributed by atoms with E-state index in [1.165, 1.54) is 23.2 Å². The van der Waals surface area contributed by atoms with Crippen molar-refractivity contribution in [2.24, 2.45) is 0 Å². The lowest BCUT2D eigenvalue weighted by Crippen LogP contribution is -2.52. The van der Waals surface area contributed by atoms with E-state index in [2.05, 4.69) is 10.4 Å². The molecule has 2 amide bonds. The summed E-state index contributed by atoms with van der Waals surface area (Å²) < 4.78 is 15.6. The van der Waals surface area contributed by atoms with Crippen molar-refractivity contribution in [3.05, 3.63) is 47.0 Å². The van der Waals surface area contributed by atoms with E-state index in [1.54, 1.807) is 16.9 Å². The van der Waals surface area contributed by atoms with Crippen molar-refractivity contribution in [2.45, 2.75) is 38.5 Å². The maximum atomic E-state index is 13.9. The Labute approximate surface area is 160 Å². The van der Waals surface area contributed by atoms with E-state index in [9.17, 15) is 19.1 Å². The molecular weight excluding hydrogens is 375 g/mol. The molecular formula is C18H20ClFN4O3. The molecule has 1 aliphatic rings. The van der Waals surface area contributed by atoms with E-state index < -0.39 is 23.2 Å². The molecule has 144 valence electrons. The minimum Gasteiger partial charge on any atom is -0.372 e. The lowest BCUT2D eigenvalue weighted by atomic mass is 10.0. The predicted octanol–water partition coefficient (Wildman–Crippen LogP) is 2.04. The number of rotatable bonds is 5. The molecule has 27 heavy (non-hydrogen) atoms. The van der Waals surface area contributed by atoms with Gasteiger partial charge in [0.2, 0.25) is 5.60 Å². The summed E-state index contributed by atoms with van der Waals surface area (Å²) in [6.45, 7) is 3.88. The highest BCUT2D eigenvalue weighted by molar-refractivity contribution is 6.30. The number of nitrogens with one attached hydrogen (secondary N) is 1. The zero-order valence-corrected chi connectivity index (χ0v) is 15.7. The number of amides is 2. The maximum Gasteiger partial charge on any atom is 0.268 e. The van der Waals surface area contributed by atoms with Crippen molar-refractivity contribution in [1.29, 1.82) is 0 Å². The number of carbonyl (C=O) groups excluding carboxylic acids is 2. The van der Waals surface area contributed by atoms with Gasteiger partial charge in [0.1, 0.15) is 5.82 Å². The topological polar surface area (TPSA) is 87.5 Å². The van der Waals surface area contributed by atoms with Gasteiger partial charge in [0.15, 0.2) is 0 Å². The van der Waals surface area contributed by atoms with Crippen molar-refractivity contribution in [1.82, 2.24) is 15.1 Å².